The van der Waals surface area contributed by atoms with Crippen LogP contribution in [0.15, 0.2) is 0 Å². The van der Waals surface area contributed by atoms with Crippen LogP contribution < -0.4 is 0 Å². The summed E-state index contributed by atoms with van der Waals surface area (Å²) < 4.78 is 15.5. The van der Waals surface area contributed by atoms with E-state index in [2.05, 4.69) is 6.92 Å². The highest BCUT2D eigenvalue weighted by Crippen LogP contribution is 2.18. The molecule has 184 valence electrons. The SMILES string of the molecule is CCCCCCCCCCCCCCCC(=O)OCCOCC(O)C1OCC(O)C1O. The number of ether oxygens (including phenoxy) is 3. The van der Waals surface area contributed by atoms with Crippen molar-refractivity contribution in [1.29, 1.82) is 0 Å². The average Bonchev–Trinajstić information content (AvgIpc) is 3.09. The van der Waals surface area contributed by atoms with Crippen LogP contribution in [0.4, 0.5) is 0 Å². The molecule has 1 rings (SSSR count). The molecule has 7 nitrogen and oxygen atoms in total. The number of unbranched alkanes of at least 4 members (excludes halogenated alkanes) is 12. The summed E-state index contributed by atoms with van der Waals surface area (Å²) in [4.78, 5) is 11.7. The molecular weight excluding hydrogens is 400 g/mol. The van der Waals surface area contributed by atoms with Crippen LogP contribution in [0.3, 0.4) is 0 Å². The summed E-state index contributed by atoms with van der Waals surface area (Å²) in [6, 6.07) is 0. The molecule has 1 aliphatic heterocycles. The van der Waals surface area contributed by atoms with E-state index in [0.29, 0.717) is 6.42 Å². The molecule has 0 bridgehead atoms. The van der Waals surface area contributed by atoms with Gasteiger partial charge in [-0.1, -0.05) is 84.0 Å². The Morgan fingerprint density at radius 3 is 1.97 bits per heavy atom. The van der Waals surface area contributed by atoms with Crippen molar-refractivity contribution in [2.75, 3.05) is 26.4 Å². The van der Waals surface area contributed by atoms with E-state index >= 15 is 0 Å². The largest absolute Gasteiger partial charge is 0.463 e. The summed E-state index contributed by atoms with van der Waals surface area (Å²) in [7, 11) is 0. The van der Waals surface area contributed by atoms with Gasteiger partial charge in [-0.05, 0) is 6.42 Å². The molecule has 0 spiro atoms. The van der Waals surface area contributed by atoms with Gasteiger partial charge in [-0.25, -0.2) is 0 Å². The first kappa shape index (κ1) is 28.3. The number of aliphatic hydroxyl groups excluding tert-OH is 3. The van der Waals surface area contributed by atoms with Gasteiger partial charge in [-0.15, -0.1) is 0 Å². The Kier molecular flexibility index (Phi) is 17.2. The van der Waals surface area contributed by atoms with Crippen molar-refractivity contribution in [1.82, 2.24) is 0 Å². The molecule has 0 aliphatic carbocycles. The van der Waals surface area contributed by atoms with Gasteiger partial charge in [0.15, 0.2) is 0 Å². The number of carbonyl (C=O) groups is 1. The van der Waals surface area contributed by atoms with Gasteiger partial charge in [-0.2, -0.15) is 0 Å². The first-order chi connectivity index (χ1) is 15.1. The third-order valence-corrected chi connectivity index (χ3v) is 5.83. The second-order valence-corrected chi connectivity index (χ2v) is 8.71. The van der Waals surface area contributed by atoms with Crippen molar-refractivity contribution >= 4 is 5.97 Å². The van der Waals surface area contributed by atoms with Crippen LogP contribution in [0.2, 0.25) is 0 Å². The number of hydrogen-bond acceptors (Lipinski definition) is 7. The summed E-state index contributed by atoms with van der Waals surface area (Å²) in [6.07, 6.45) is 13.0. The van der Waals surface area contributed by atoms with Crippen LogP contribution in [-0.4, -0.2) is 72.1 Å². The number of aliphatic hydroxyl groups is 3. The molecule has 0 radical (unpaired) electrons. The van der Waals surface area contributed by atoms with Crippen LogP contribution >= 0.6 is 0 Å². The second-order valence-electron chi connectivity index (χ2n) is 8.71. The monoisotopic (exact) mass is 446 g/mol. The molecule has 1 fully saturated rings. The normalized spacial score (nSPS) is 22.0. The van der Waals surface area contributed by atoms with Crippen molar-refractivity contribution in [2.45, 2.75) is 121 Å². The number of hydrogen-bond donors (Lipinski definition) is 3. The molecular formula is C24H46O7. The number of esters is 1. The van der Waals surface area contributed by atoms with Crippen molar-refractivity contribution in [3.8, 4) is 0 Å². The fraction of sp³-hybridized carbons (Fsp3) is 0.958. The molecule has 7 heteroatoms. The molecule has 0 aromatic heterocycles. The van der Waals surface area contributed by atoms with Crippen LogP contribution in [-0.2, 0) is 19.0 Å². The highest BCUT2D eigenvalue weighted by molar-refractivity contribution is 5.69. The van der Waals surface area contributed by atoms with Gasteiger partial charge in [0.1, 0.15) is 31.0 Å². The minimum absolute atomic E-state index is 0.000298. The van der Waals surface area contributed by atoms with E-state index in [4.69, 9.17) is 14.2 Å². The fourth-order valence-electron chi connectivity index (χ4n) is 3.84. The summed E-state index contributed by atoms with van der Waals surface area (Å²) in [5.74, 6) is -0.218. The summed E-state index contributed by atoms with van der Waals surface area (Å²) in [6.45, 7) is 2.51. The highest BCUT2D eigenvalue weighted by Gasteiger charge is 2.39. The third kappa shape index (κ3) is 14.1. The van der Waals surface area contributed by atoms with E-state index in [0.717, 1.165) is 12.8 Å². The third-order valence-electron chi connectivity index (χ3n) is 5.83. The molecule has 1 aliphatic rings. The lowest BCUT2D eigenvalue weighted by atomic mass is 10.0. The summed E-state index contributed by atoms with van der Waals surface area (Å²) in [5, 5.41) is 29.0. The topological polar surface area (TPSA) is 105 Å². The van der Waals surface area contributed by atoms with Gasteiger partial charge in [0.25, 0.3) is 0 Å². The number of rotatable bonds is 20. The molecule has 0 amide bonds. The molecule has 1 saturated heterocycles. The second kappa shape index (κ2) is 18.8. The minimum Gasteiger partial charge on any atom is -0.463 e. The fourth-order valence-corrected chi connectivity index (χ4v) is 3.84. The van der Waals surface area contributed by atoms with Crippen LogP contribution in [0, 0.1) is 0 Å². The lowest BCUT2D eigenvalue weighted by Gasteiger charge is -2.20. The van der Waals surface area contributed by atoms with Crippen molar-refractivity contribution in [2.24, 2.45) is 0 Å². The molecule has 3 N–H and O–H groups in total. The molecule has 4 atom stereocenters. The number of carbonyl (C=O) groups excluding carboxylic acids is 1. The zero-order valence-corrected chi connectivity index (χ0v) is 19.5. The molecule has 4 unspecified atom stereocenters. The van der Waals surface area contributed by atoms with E-state index < -0.39 is 24.4 Å². The molecule has 0 aromatic rings. The van der Waals surface area contributed by atoms with Crippen molar-refractivity contribution in [3.05, 3.63) is 0 Å². The van der Waals surface area contributed by atoms with Crippen LogP contribution in [0.25, 0.3) is 0 Å². The Hall–Kier alpha value is -0.730. The zero-order chi connectivity index (χ0) is 22.7. The van der Waals surface area contributed by atoms with Crippen LogP contribution in [0.1, 0.15) is 96.8 Å². The van der Waals surface area contributed by atoms with E-state index in [1.807, 2.05) is 0 Å². The maximum Gasteiger partial charge on any atom is 0.305 e. The predicted molar refractivity (Wildman–Crippen MR) is 120 cm³/mol. The van der Waals surface area contributed by atoms with Crippen molar-refractivity contribution < 1.29 is 34.3 Å². The Morgan fingerprint density at radius 1 is 0.903 bits per heavy atom. The summed E-state index contributed by atoms with van der Waals surface area (Å²) >= 11 is 0. The lowest BCUT2D eigenvalue weighted by molar-refractivity contribution is -0.146. The maximum atomic E-state index is 11.7. The standard InChI is InChI=1S/C24H46O7/c1-2-3-4-5-6-7-8-9-10-11-12-13-14-15-22(27)30-17-16-29-18-21(26)24-23(28)20(25)19-31-24/h20-21,23-26,28H,2-19H2,1H3. The van der Waals surface area contributed by atoms with Crippen LogP contribution in [0.5, 0.6) is 0 Å². The highest BCUT2D eigenvalue weighted by atomic mass is 16.6. The predicted octanol–water partition coefficient (Wildman–Crippen LogP) is 3.51. The van der Waals surface area contributed by atoms with E-state index in [-0.39, 0.29) is 32.4 Å². The van der Waals surface area contributed by atoms with E-state index in [1.165, 1.54) is 70.6 Å². The Morgan fingerprint density at radius 2 is 1.45 bits per heavy atom. The van der Waals surface area contributed by atoms with Gasteiger partial charge < -0.3 is 29.5 Å². The first-order valence-electron chi connectivity index (χ1n) is 12.5. The smallest absolute Gasteiger partial charge is 0.305 e. The van der Waals surface area contributed by atoms with Gasteiger partial charge in [0.2, 0.25) is 0 Å². The zero-order valence-electron chi connectivity index (χ0n) is 19.5. The maximum absolute atomic E-state index is 11.7. The molecule has 0 aromatic carbocycles. The molecule has 0 saturated carbocycles. The van der Waals surface area contributed by atoms with Gasteiger partial charge in [0, 0.05) is 6.42 Å². The minimum atomic E-state index is -1.11. The summed E-state index contributed by atoms with van der Waals surface area (Å²) in [5.41, 5.74) is 0. The Balaban J connectivity index is 1.82. The van der Waals surface area contributed by atoms with Gasteiger partial charge in [0.05, 0.1) is 19.8 Å². The van der Waals surface area contributed by atoms with Gasteiger partial charge >= 0.3 is 5.97 Å². The van der Waals surface area contributed by atoms with E-state index in [1.54, 1.807) is 0 Å². The molecule has 31 heavy (non-hydrogen) atoms. The van der Waals surface area contributed by atoms with E-state index in [9.17, 15) is 20.1 Å². The first-order valence-corrected chi connectivity index (χ1v) is 12.5. The van der Waals surface area contributed by atoms with Crippen molar-refractivity contribution in [3.63, 3.8) is 0 Å². The lowest BCUT2D eigenvalue weighted by Crippen LogP contribution is -2.41. The molecule has 1 heterocycles. The average molecular weight is 447 g/mol. The van der Waals surface area contributed by atoms with Gasteiger partial charge in [-0.3, -0.25) is 4.79 Å². The Labute approximate surface area is 188 Å². The quantitative estimate of drug-likeness (QED) is 0.194. The Bertz CT molecular complexity index is 432.